The minimum atomic E-state index is -0.450. The Morgan fingerprint density at radius 1 is 1.35 bits per heavy atom. The summed E-state index contributed by atoms with van der Waals surface area (Å²) in [4.78, 5) is 14.6. The predicted octanol–water partition coefficient (Wildman–Crippen LogP) is 4.23. The normalized spacial score (nSPS) is 17.2. The highest BCUT2D eigenvalue weighted by Gasteiger charge is 2.26. The van der Waals surface area contributed by atoms with Gasteiger partial charge < -0.3 is 15.4 Å². The van der Waals surface area contributed by atoms with Gasteiger partial charge in [-0.15, -0.1) is 11.3 Å². The van der Waals surface area contributed by atoms with E-state index in [1.807, 2.05) is 32.1 Å². The van der Waals surface area contributed by atoms with Crippen LogP contribution in [-0.2, 0) is 11.3 Å². The van der Waals surface area contributed by atoms with Gasteiger partial charge in [0.1, 0.15) is 5.60 Å². The first-order valence-corrected chi connectivity index (χ1v) is 9.41. The van der Waals surface area contributed by atoms with Crippen molar-refractivity contribution < 1.29 is 9.53 Å². The van der Waals surface area contributed by atoms with Crippen molar-refractivity contribution in [2.24, 2.45) is 5.92 Å². The van der Waals surface area contributed by atoms with E-state index in [2.05, 4.69) is 29.7 Å². The molecule has 130 valence electrons. The summed E-state index contributed by atoms with van der Waals surface area (Å²) >= 11 is 1.83. The molecule has 2 rings (SSSR count). The molecule has 1 atom stereocenters. The Hall–Kier alpha value is -1.07. The van der Waals surface area contributed by atoms with Gasteiger partial charge in [0.25, 0.3) is 0 Å². The molecule has 2 N–H and O–H groups in total. The molecule has 1 aromatic heterocycles. The van der Waals surface area contributed by atoms with Crippen molar-refractivity contribution in [3.63, 3.8) is 0 Å². The van der Waals surface area contributed by atoms with Crippen LogP contribution in [0.4, 0.5) is 4.79 Å². The van der Waals surface area contributed by atoms with Crippen molar-refractivity contribution in [1.29, 1.82) is 0 Å². The first-order valence-electron chi connectivity index (χ1n) is 8.59. The summed E-state index contributed by atoms with van der Waals surface area (Å²) in [7, 11) is 0. The molecule has 4 nitrogen and oxygen atoms in total. The van der Waals surface area contributed by atoms with Crippen molar-refractivity contribution in [2.75, 3.05) is 6.54 Å². The molecule has 0 radical (unpaired) electrons. The van der Waals surface area contributed by atoms with Gasteiger partial charge in [-0.25, -0.2) is 4.79 Å². The lowest BCUT2D eigenvalue weighted by atomic mass is 9.98. The minimum absolute atomic E-state index is 0.312. The Bertz CT molecular complexity index is 501. The van der Waals surface area contributed by atoms with E-state index in [-0.39, 0.29) is 6.09 Å². The standard InChI is InChI=1S/C18H30N2O2S/c1-13-9-10-15(23-13)11-19-16(14-7-5-6-8-14)12-20-17(21)22-18(2,3)4/h9-10,14,16,19H,5-8,11-12H2,1-4H3,(H,20,21). The van der Waals surface area contributed by atoms with Crippen LogP contribution in [0.25, 0.3) is 0 Å². The van der Waals surface area contributed by atoms with Crippen LogP contribution in [0, 0.1) is 12.8 Å². The van der Waals surface area contributed by atoms with E-state index in [4.69, 9.17) is 4.74 Å². The van der Waals surface area contributed by atoms with Crippen LogP contribution in [0.1, 0.15) is 56.2 Å². The molecule has 23 heavy (non-hydrogen) atoms. The number of amides is 1. The minimum Gasteiger partial charge on any atom is -0.444 e. The quantitative estimate of drug-likeness (QED) is 0.816. The fraction of sp³-hybridized carbons (Fsp3) is 0.722. The predicted molar refractivity (Wildman–Crippen MR) is 95.9 cm³/mol. The number of hydrogen-bond acceptors (Lipinski definition) is 4. The average molecular weight is 339 g/mol. The van der Waals surface area contributed by atoms with Gasteiger partial charge in [-0.3, -0.25) is 0 Å². The molecule has 1 aromatic rings. The second-order valence-electron chi connectivity index (χ2n) is 7.43. The number of nitrogens with one attached hydrogen (secondary N) is 2. The molecule has 1 heterocycles. The number of rotatable bonds is 6. The molecule has 1 amide bonds. The first-order chi connectivity index (χ1) is 10.8. The van der Waals surface area contributed by atoms with E-state index in [9.17, 15) is 4.79 Å². The van der Waals surface area contributed by atoms with Crippen LogP contribution >= 0.6 is 11.3 Å². The fourth-order valence-electron chi connectivity index (χ4n) is 3.08. The zero-order valence-electron chi connectivity index (χ0n) is 14.8. The maximum Gasteiger partial charge on any atom is 0.407 e. The smallest absolute Gasteiger partial charge is 0.407 e. The molecular formula is C18H30N2O2S. The molecule has 1 saturated carbocycles. The molecule has 0 spiro atoms. The number of carbonyl (C=O) groups excluding carboxylic acids is 1. The van der Waals surface area contributed by atoms with E-state index >= 15 is 0 Å². The molecule has 0 bridgehead atoms. The van der Waals surface area contributed by atoms with Crippen LogP contribution in [-0.4, -0.2) is 24.3 Å². The van der Waals surface area contributed by atoms with Crippen molar-refractivity contribution in [2.45, 2.75) is 71.6 Å². The van der Waals surface area contributed by atoms with Gasteiger partial charge in [0, 0.05) is 28.9 Å². The SMILES string of the molecule is Cc1ccc(CNC(CNC(=O)OC(C)(C)C)C2CCCC2)s1. The number of hydrogen-bond donors (Lipinski definition) is 2. The summed E-state index contributed by atoms with van der Waals surface area (Å²) in [6, 6.07) is 4.65. The summed E-state index contributed by atoms with van der Waals surface area (Å²) in [5, 5.41) is 6.59. The molecule has 0 saturated heterocycles. The lowest BCUT2D eigenvalue weighted by Crippen LogP contribution is -2.45. The summed E-state index contributed by atoms with van der Waals surface area (Å²) in [6.07, 6.45) is 4.77. The second-order valence-corrected chi connectivity index (χ2v) is 8.80. The molecule has 1 unspecified atom stereocenters. The summed E-state index contributed by atoms with van der Waals surface area (Å²) < 4.78 is 5.34. The van der Waals surface area contributed by atoms with Gasteiger partial charge in [-0.1, -0.05) is 12.8 Å². The summed E-state index contributed by atoms with van der Waals surface area (Å²) in [6.45, 7) is 9.29. The number of carbonyl (C=O) groups is 1. The monoisotopic (exact) mass is 338 g/mol. The third kappa shape index (κ3) is 6.51. The van der Waals surface area contributed by atoms with Gasteiger partial charge >= 0.3 is 6.09 Å². The highest BCUT2D eigenvalue weighted by Crippen LogP contribution is 2.28. The molecule has 1 aliphatic carbocycles. The topological polar surface area (TPSA) is 50.4 Å². The Kier molecular flexibility index (Phi) is 6.48. The maximum atomic E-state index is 11.9. The van der Waals surface area contributed by atoms with Gasteiger partial charge in [0.2, 0.25) is 0 Å². The maximum absolute atomic E-state index is 11.9. The van der Waals surface area contributed by atoms with E-state index in [0.717, 1.165) is 6.54 Å². The Morgan fingerprint density at radius 2 is 2.04 bits per heavy atom. The van der Waals surface area contributed by atoms with Crippen molar-refractivity contribution >= 4 is 17.4 Å². The van der Waals surface area contributed by atoms with Crippen LogP contribution in [0.2, 0.25) is 0 Å². The number of alkyl carbamates (subject to hydrolysis) is 1. The van der Waals surface area contributed by atoms with Crippen molar-refractivity contribution in [3.8, 4) is 0 Å². The first kappa shape index (κ1) is 18.3. The van der Waals surface area contributed by atoms with Crippen molar-refractivity contribution in [3.05, 3.63) is 21.9 Å². The molecule has 1 aliphatic rings. The highest BCUT2D eigenvalue weighted by atomic mass is 32.1. The van der Waals surface area contributed by atoms with E-state index < -0.39 is 5.60 Å². The van der Waals surface area contributed by atoms with Crippen LogP contribution in [0.3, 0.4) is 0 Å². The Balaban J connectivity index is 1.85. The summed E-state index contributed by atoms with van der Waals surface area (Å²) in [5.74, 6) is 0.644. The molecule has 0 aromatic carbocycles. The fourth-order valence-corrected chi connectivity index (χ4v) is 3.93. The van der Waals surface area contributed by atoms with E-state index in [1.165, 1.54) is 35.4 Å². The van der Waals surface area contributed by atoms with E-state index in [1.54, 1.807) is 0 Å². The van der Waals surface area contributed by atoms with Crippen molar-refractivity contribution in [1.82, 2.24) is 10.6 Å². The van der Waals surface area contributed by atoms with Gasteiger partial charge in [0.05, 0.1) is 0 Å². The third-order valence-corrected chi connectivity index (χ3v) is 5.17. The molecule has 5 heteroatoms. The average Bonchev–Trinajstić information content (AvgIpc) is 3.08. The summed E-state index contributed by atoms with van der Waals surface area (Å²) in [5.41, 5.74) is -0.450. The van der Waals surface area contributed by atoms with Crippen LogP contribution in [0.15, 0.2) is 12.1 Å². The van der Waals surface area contributed by atoms with Crippen LogP contribution in [0.5, 0.6) is 0 Å². The molecular weight excluding hydrogens is 308 g/mol. The molecule has 1 fully saturated rings. The number of thiophene rings is 1. The van der Waals surface area contributed by atoms with Gasteiger partial charge in [-0.2, -0.15) is 0 Å². The third-order valence-electron chi connectivity index (χ3n) is 4.17. The largest absolute Gasteiger partial charge is 0.444 e. The second kappa shape index (κ2) is 8.15. The number of ether oxygens (including phenoxy) is 1. The highest BCUT2D eigenvalue weighted by molar-refractivity contribution is 7.11. The number of aryl methyl sites for hydroxylation is 1. The van der Waals surface area contributed by atoms with E-state index in [0.29, 0.717) is 18.5 Å². The molecule has 0 aliphatic heterocycles. The zero-order chi connectivity index (χ0) is 16.9. The lowest BCUT2D eigenvalue weighted by molar-refractivity contribution is 0.0518. The Labute approximate surface area is 144 Å². The van der Waals surface area contributed by atoms with Crippen LogP contribution < -0.4 is 10.6 Å². The Morgan fingerprint density at radius 3 is 2.61 bits per heavy atom. The lowest BCUT2D eigenvalue weighted by Gasteiger charge is -2.26. The zero-order valence-corrected chi connectivity index (χ0v) is 15.6. The van der Waals surface area contributed by atoms with Gasteiger partial charge in [-0.05, 0) is 58.6 Å². The van der Waals surface area contributed by atoms with Gasteiger partial charge in [0.15, 0.2) is 0 Å².